The van der Waals surface area contributed by atoms with Gasteiger partial charge in [0.2, 0.25) is 5.91 Å². The molecule has 1 aliphatic heterocycles. The highest BCUT2D eigenvalue weighted by Gasteiger charge is 2.28. The lowest BCUT2D eigenvalue weighted by Gasteiger charge is -2.27. The molecule has 0 saturated carbocycles. The first-order chi connectivity index (χ1) is 9.01. The number of hydrogen-bond acceptors (Lipinski definition) is 4. The van der Waals surface area contributed by atoms with Crippen LogP contribution in [0.4, 0.5) is 11.4 Å². The minimum atomic E-state index is -0.591. The molecule has 0 fully saturated rings. The van der Waals surface area contributed by atoms with Crippen molar-refractivity contribution >= 4 is 39.2 Å². The molecule has 19 heavy (non-hydrogen) atoms. The van der Waals surface area contributed by atoms with Gasteiger partial charge in [-0.2, -0.15) is 0 Å². The Balaban J connectivity index is 2.17. The van der Waals surface area contributed by atoms with Crippen LogP contribution < -0.4 is 10.6 Å². The Morgan fingerprint density at radius 1 is 1.42 bits per heavy atom. The van der Waals surface area contributed by atoms with Gasteiger partial charge in [-0.25, -0.2) is 0 Å². The fourth-order valence-corrected chi connectivity index (χ4v) is 2.25. The normalized spacial score (nSPS) is 17.2. The SMILES string of the molecule is CCOC(=O)CC1Nc2cc(C)c(Br)cc2NC1=O. The highest BCUT2D eigenvalue weighted by molar-refractivity contribution is 9.10. The van der Waals surface area contributed by atoms with Crippen LogP contribution in [0.1, 0.15) is 18.9 Å². The van der Waals surface area contributed by atoms with E-state index in [1.165, 1.54) is 0 Å². The zero-order valence-corrected chi connectivity index (χ0v) is 12.3. The predicted molar refractivity (Wildman–Crippen MR) is 76.2 cm³/mol. The number of aryl methyl sites for hydroxylation is 1. The highest BCUT2D eigenvalue weighted by Crippen LogP contribution is 2.32. The summed E-state index contributed by atoms with van der Waals surface area (Å²) in [6.07, 6.45) is 0.0220. The van der Waals surface area contributed by atoms with Gasteiger partial charge in [-0.05, 0) is 31.5 Å². The van der Waals surface area contributed by atoms with E-state index in [1.807, 2.05) is 19.1 Å². The maximum absolute atomic E-state index is 11.9. The van der Waals surface area contributed by atoms with Crippen LogP contribution in [0.25, 0.3) is 0 Å². The van der Waals surface area contributed by atoms with Crippen molar-refractivity contribution in [3.63, 3.8) is 0 Å². The van der Waals surface area contributed by atoms with E-state index in [1.54, 1.807) is 6.92 Å². The summed E-state index contributed by atoms with van der Waals surface area (Å²) in [5, 5.41) is 5.86. The second-order valence-corrected chi connectivity index (χ2v) is 5.20. The van der Waals surface area contributed by atoms with E-state index in [4.69, 9.17) is 4.74 Å². The number of halogens is 1. The summed E-state index contributed by atoms with van der Waals surface area (Å²) in [5.74, 6) is -0.608. The van der Waals surface area contributed by atoms with Gasteiger partial charge >= 0.3 is 5.97 Å². The molecule has 0 bridgehead atoms. The molecule has 2 N–H and O–H groups in total. The van der Waals surface area contributed by atoms with Crippen molar-refractivity contribution in [2.45, 2.75) is 26.3 Å². The fourth-order valence-electron chi connectivity index (χ4n) is 1.91. The summed E-state index contributed by atoms with van der Waals surface area (Å²) < 4.78 is 5.79. The third kappa shape index (κ3) is 3.07. The Kier molecular flexibility index (Phi) is 4.09. The Morgan fingerprint density at radius 3 is 2.84 bits per heavy atom. The smallest absolute Gasteiger partial charge is 0.308 e. The third-order valence-electron chi connectivity index (χ3n) is 2.88. The molecule has 6 heteroatoms. The summed E-state index contributed by atoms with van der Waals surface area (Å²) in [7, 11) is 0. The molecule has 2 rings (SSSR count). The van der Waals surface area contributed by atoms with Gasteiger partial charge in [-0.1, -0.05) is 15.9 Å². The number of anilines is 2. The van der Waals surface area contributed by atoms with Crippen molar-refractivity contribution in [1.29, 1.82) is 0 Å². The molecule has 0 spiro atoms. The van der Waals surface area contributed by atoms with E-state index >= 15 is 0 Å². The van der Waals surface area contributed by atoms with Crippen molar-refractivity contribution in [3.8, 4) is 0 Å². The van der Waals surface area contributed by atoms with Crippen molar-refractivity contribution in [2.24, 2.45) is 0 Å². The summed E-state index contributed by atoms with van der Waals surface area (Å²) in [6.45, 7) is 4.01. The average Bonchev–Trinajstić information content (AvgIpc) is 2.33. The minimum absolute atomic E-state index is 0.0220. The first kappa shape index (κ1) is 13.9. The molecule has 1 amide bonds. The van der Waals surface area contributed by atoms with E-state index in [0.717, 1.165) is 15.7 Å². The van der Waals surface area contributed by atoms with E-state index < -0.39 is 6.04 Å². The third-order valence-corrected chi connectivity index (χ3v) is 3.73. The lowest BCUT2D eigenvalue weighted by Crippen LogP contribution is -2.40. The van der Waals surface area contributed by atoms with Crippen LogP contribution in [-0.2, 0) is 14.3 Å². The Labute approximate surface area is 119 Å². The molecule has 1 atom stereocenters. The van der Waals surface area contributed by atoms with Crippen LogP contribution in [0.5, 0.6) is 0 Å². The number of nitrogens with one attached hydrogen (secondary N) is 2. The molecule has 1 aliphatic rings. The predicted octanol–water partition coefficient (Wildman–Crippen LogP) is 2.44. The van der Waals surface area contributed by atoms with Crippen molar-refractivity contribution in [1.82, 2.24) is 0 Å². The molecule has 0 aromatic heterocycles. The zero-order chi connectivity index (χ0) is 14.0. The molecule has 102 valence electrons. The number of amides is 1. The number of carbonyl (C=O) groups excluding carboxylic acids is 2. The number of esters is 1. The average molecular weight is 327 g/mol. The van der Waals surface area contributed by atoms with Crippen LogP contribution in [0, 0.1) is 6.92 Å². The standard InChI is InChI=1S/C13H15BrN2O3/c1-3-19-12(17)6-11-13(18)16-10-5-8(14)7(2)4-9(10)15-11/h4-5,11,15H,3,6H2,1-2H3,(H,16,18). The molecule has 1 heterocycles. The summed E-state index contributed by atoms with van der Waals surface area (Å²) in [5.41, 5.74) is 2.58. The maximum Gasteiger partial charge on any atom is 0.308 e. The number of fused-ring (bicyclic) bond motifs is 1. The van der Waals surface area contributed by atoms with E-state index in [-0.39, 0.29) is 18.3 Å². The van der Waals surface area contributed by atoms with Crippen molar-refractivity contribution in [3.05, 3.63) is 22.2 Å². The Morgan fingerprint density at radius 2 is 2.16 bits per heavy atom. The summed E-state index contributed by atoms with van der Waals surface area (Å²) >= 11 is 3.42. The summed E-state index contributed by atoms with van der Waals surface area (Å²) in [6, 6.07) is 3.18. The number of carbonyl (C=O) groups is 2. The van der Waals surface area contributed by atoms with Gasteiger partial charge in [0, 0.05) is 4.47 Å². The van der Waals surface area contributed by atoms with Crippen molar-refractivity contribution in [2.75, 3.05) is 17.2 Å². The molecule has 0 saturated heterocycles. The van der Waals surface area contributed by atoms with Crippen LogP contribution in [-0.4, -0.2) is 24.5 Å². The number of benzene rings is 1. The zero-order valence-electron chi connectivity index (χ0n) is 10.7. The first-order valence-corrected chi connectivity index (χ1v) is 6.83. The van der Waals surface area contributed by atoms with Crippen LogP contribution in [0.15, 0.2) is 16.6 Å². The molecular formula is C13H15BrN2O3. The largest absolute Gasteiger partial charge is 0.466 e. The molecule has 1 aromatic carbocycles. The Hall–Kier alpha value is -1.56. The van der Waals surface area contributed by atoms with E-state index in [0.29, 0.717) is 12.3 Å². The van der Waals surface area contributed by atoms with Gasteiger partial charge in [0.1, 0.15) is 6.04 Å². The van der Waals surface area contributed by atoms with E-state index in [9.17, 15) is 9.59 Å². The lowest BCUT2D eigenvalue weighted by molar-refractivity contribution is -0.144. The van der Waals surface area contributed by atoms with Crippen LogP contribution >= 0.6 is 15.9 Å². The van der Waals surface area contributed by atoms with Gasteiger partial charge in [-0.3, -0.25) is 9.59 Å². The Bertz CT molecular complexity index is 531. The molecule has 1 aromatic rings. The quantitative estimate of drug-likeness (QED) is 0.837. The first-order valence-electron chi connectivity index (χ1n) is 6.04. The molecule has 5 nitrogen and oxygen atoms in total. The second kappa shape index (κ2) is 5.61. The topological polar surface area (TPSA) is 67.4 Å². The van der Waals surface area contributed by atoms with Crippen molar-refractivity contribution < 1.29 is 14.3 Å². The van der Waals surface area contributed by atoms with Gasteiger partial charge in [0.15, 0.2) is 0 Å². The van der Waals surface area contributed by atoms with Crippen LogP contribution in [0.3, 0.4) is 0 Å². The van der Waals surface area contributed by atoms with Gasteiger partial charge in [0.05, 0.1) is 24.4 Å². The monoisotopic (exact) mass is 326 g/mol. The molecular weight excluding hydrogens is 312 g/mol. The number of hydrogen-bond donors (Lipinski definition) is 2. The number of ether oxygens (including phenoxy) is 1. The van der Waals surface area contributed by atoms with Gasteiger partial charge in [0.25, 0.3) is 0 Å². The minimum Gasteiger partial charge on any atom is -0.466 e. The highest BCUT2D eigenvalue weighted by atomic mass is 79.9. The second-order valence-electron chi connectivity index (χ2n) is 4.34. The molecule has 1 unspecified atom stereocenters. The lowest BCUT2D eigenvalue weighted by atomic mass is 10.1. The van der Waals surface area contributed by atoms with Crippen LogP contribution in [0.2, 0.25) is 0 Å². The van der Waals surface area contributed by atoms with Gasteiger partial charge < -0.3 is 15.4 Å². The van der Waals surface area contributed by atoms with Gasteiger partial charge in [-0.15, -0.1) is 0 Å². The van der Waals surface area contributed by atoms with E-state index in [2.05, 4.69) is 26.6 Å². The molecule has 0 radical (unpaired) electrons. The fraction of sp³-hybridized carbons (Fsp3) is 0.385. The molecule has 0 aliphatic carbocycles. The summed E-state index contributed by atoms with van der Waals surface area (Å²) in [4.78, 5) is 23.3. The number of rotatable bonds is 3. The maximum atomic E-state index is 11.9.